The van der Waals surface area contributed by atoms with Gasteiger partial charge < -0.3 is 5.73 Å². The lowest BCUT2D eigenvalue weighted by molar-refractivity contribution is 0.241. The molecule has 2 rings (SSSR count). The van der Waals surface area contributed by atoms with E-state index in [1.165, 1.54) is 12.1 Å². The normalized spacial score (nSPS) is 12.7. The Balaban J connectivity index is 2.20. The minimum absolute atomic E-state index is 0.241. The third-order valence-corrected chi connectivity index (χ3v) is 3.84. The van der Waals surface area contributed by atoms with Gasteiger partial charge in [0.05, 0.1) is 0 Å². The fourth-order valence-electron chi connectivity index (χ4n) is 2.37. The van der Waals surface area contributed by atoms with Gasteiger partial charge in [0.2, 0.25) is 0 Å². The zero-order chi connectivity index (χ0) is 15.4. The van der Waals surface area contributed by atoms with Crippen LogP contribution < -0.4 is 5.73 Å². The number of likely N-dealkylation sites (N-methyl/N-ethyl adjacent to an activating group) is 1. The van der Waals surface area contributed by atoms with Gasteiger partial charge in [0.1, 0.15) is 11.6 Å². The third-order valence-electron chi connectivity index (χ3n) is 3.35. The number of nitrogens with two attached hydrogens (primary N) is 1. The summed E-state index contributed by atoms with van der Waals surface area (Å²) in [6.07, 6.45) is 0. The zero-order valence-corrected chi connectivity index (χ0v) is 13.3. The first-order valence-corrected chi connectivity index (χ1v) is 7.39. The molecule has 2 aromatic carbocycles. The van der Waals surface area contributed by atoms with Crippen molar-refractivity contribution < 1.29 is 8.78 Å². The van der Waals surface area contributed by atoms with Crippen molar-refractivity contribution in [2.75, 3.05) is 13.6 Å². The van der Waals surface area contributed by atoms with Gasteiger partial charge in [-0.3, -0.25) is 4.90 Å². The van der Waals surface area contributed by atoms with Gasteiger partial charge >= 0.3 is 0 Å². The van der Waals surface area contributed by atoms with Crippen LogP contribution in [0, 0.1) is 11.6 Å². The van der Waals surface area contributed by atoms with Crippen molar-refractivity contribution in [3.63, 3.8) is 0 Å². The average molecular weight is 355 g/mol. The highest BCUT2D eigenvalue weighted by molar-refractivity contribution is 9.10. The highest BCUT2D eigenvalue weighted by Gasteiger charge is 2.17. The van der Waals surface area contributed by atoms with Gasteiger partial charge in [-0.15, -0.1) is 0 Å². The smallest absolute Gasteiger partial charge is 0.126 e. The number of hydrogen-bond acceptors (Lipinski definition) is 2. The van der Waals surface area contributed by atoms with Crippen molar-refractivity contribution in [2.24, 2.45) is 5.73 Å². The molecule has 1 atom stereocenters. The lowest BCUT2D eigenvalue weighted by atomic mass is 10.0. The first-order valence-electron chi connectivity index (χ1n) is 6.60. The van der Waals surface area contributed by atoms with E-state index in [4.69, 9.17) is 5.73 Å². The van der Waals surface area contributed by atoms with Crippen molar-refractivity contribution in [3.8, 4) is 0 Å². The molecule has 0 aliphatic rings. The summed E-state index contributed by atoms with van der Waals surface area (Å²) in [5.74, 6) is -1.17. The number of halogens is 3. The molecular formula is C16H17BrF2N2. The molecule has 2 N–H and O–H groups in total. The van der Waals surface area contributed by atoms with E-state index in [0.717, 1.165) is 16.1 Å². The number of hydrogen-bond donors (Lipinski definition) is 1. The van der Waals surface area contributed by atoms with Crippen LogP contribution >= 0.6 is 15.9 Å². The van der Waals surface area contributed by atoms with Gasteiger partial charge in [-0.05, 0) is 42.4 Å². The molecular weight excluding hydrogens is 338 g/mol. The second kappa shape index (κ2) is 7.11. The third kappa shape index (κ3) is 4.33. The molecule has 0 amide bonds. The van der Waals surface area contributed by atoms with Gasteiger partial charge in [0.15, 0.2) is 0 Å². The summed E-state index contributed by atoms with van der Waals surface area (Å²) in [4.78, 5) is 1.98. The molecule has 112 valence electrons. The highest BCUT2D eigenvalue weighted by Crippen LogP contribution is 2.23. The van der Waals surface area contributed by atoms with Crippen molar-refractivity contribution in [1.29, 1.82) is 0 Å². The number of benzene rings is 2. The molecule has 0 aromatic heterocycles. The second-order valence-electron chi connectivity index (χ2n) is 5.00. The molecule has 0 spiro atoms. The van der Waals surface area contributed by atoms with Crippen LogP contribution in [-0.2, 0) is 6.54 Å². The lowest BCUT2D eigenvalue weighted by Crippen LogP contribution is -2.30. The molecule has 21 heavy (non-hydrogen) atoms. The van der Waals surface area contributed by atoms with Crippen LogP contribution in [0.4, 0.5) is 8.78 Å². The van der Waals surface area contributed by atoms with E-state index >= 15 is 0 Å². The Morgan fingerprint density at radius 2 is 1.81 bits per heavy atom. The van der Waals surface area contributed by atoms with Crippen LogP contribution in [-0.4, -0.2) is 18.5 Å². The lowest BCUT2D eigenvalue weighted by Gasteiger charge is -2.27. The molecule has 0 radical (unpaired) electrons. The quantitative estimate of drug-likeness (QED) is 0.883. The van der Waals surface area contributed by atoms with E-state index in [9.17, 15) is 8.78 Å². The summed E-state index contributed by atoms with van der Waals surface area (Å²) in [5.41, 5.74) is 7.44. The molecule has 0 heterocycles. The summed E-state index contributed by atoms with van der Waals surface area (Å²) in [6, 6.07) is 11.2. The monoisotopic (exact) mass is 354 g/mol. The Morgan fingerprint density at radius 3 is 2.38 bits per heavy atom. The maximum Gasteiger partial charge on any atom is 0.126 e. The summed E-state index contributed by atoms with van der Waals surface area (Å²) in [6.45, 7) is 0.923. The maximum atomic E-state index is 13.4. The fraction of sp³-hybridized carbons (Fsp3) is 0.250. The van der Waals surface area contributed by atoms with Crippen molar-refractivity contribution >= 4 is 15.9 Å². The topological polar surface area (TPSA) is 29.3 Å². The standard InChI is InChI=1S/C16H17BrF2N2/c1-21(10-11-3-2-4-13(17)5-11)16(9-20)12-6-14(18)8-15(19)7-12/h2-8,16H,9-10,20H2,1H3. The van der Waals surface area contributed by atoms with E-state index in [2.05, 4.69) is 15.9 Å². The molecule has 2 nitrogen and oxygen atoms in total. The Bertz CT molecular complexity index is 599. The Kier molecular flexibility index (Phi) is 5.45. The van der Waals surface area contributed by atoms with Crippen molar-refractivity contribution in [2.45, 2.75) is 12.6 Å². The minimum atomic E-state index is -0.584. The van der Waals surface area contributed by atoms with Gasteiger partial charge in [0.25, 0.3) is 0 Å². The van der Waals surface area contributed by atoms with Crippen LogP contribution in [0.1, 0.15) is 17.2 Å². The Hall–Kier alpha value is -1.30. The summed E-state index contributed by atoms with van der Waals surface area (Å²) < 4.78 is 27.7. The number of nitrogens with zero attached hydrogens (tertiary/aromatic N) is 1. The van der Waals surface area contributed by atoms with E-state index in [-0.39, 0.29) is 12.6 Å². The Labute approximate surface area is 131 Å². The molecule has 0 aliphatic heterocycles. The second-order valence-corrected chi connectivity index (χ2v) is 5.91. The van der Waals surface area contributed by atoms with Crippen LogP contribution in [0.2, 0.25) is 0 Å². The SMILES string of the molecule is CN(Cc1cccc(Br)c1)C(CN)c1cc(F)cc(F)c1. The van der Waals surface area contributed by atoms with E-state index in [1.807, 2.05) is 36.2 Å². The summed E-state index contributed by atoms with van der Waals surface area (Å²) in [7, 11) is 1.89. The van der Waals surface area contributed by atoms with Gasteiger partial charge in [-0.2, -0.15) is 0 Å². The molecule has 0 aliphatic carbocycles. The molecule has 0 fully saturated rings. The highest BCUT2D eigenvalue weighted by atomic mass is 79.9. The molecule has 0 saturated carbocycles. The first-order chi connectivity index (χ1) is 9.99. The van der Waals surface area contributed by atoms with Crippen molar-refractivity contribution in [1.82, 2.24) is 4.90 Å². The van der Waals surface area contributed by atoms with Gasteiger partial charge in [0, 0.05) is 29.7 Å². The molecule has 1 unspecified atom stereocenters. The Morgan fingerprint density at radius 1 is 1.14 bits per heavy atom. The maximum absolute atomic E-state index is 13.4. The van der Waals surface area contributed by atoms with E-state index in [0.29, 0.717) is 12.1 Å². The van der Waals surface area contributed by atoms with Gasteiger partial charge in [-0.25, -0.2) is 8.78 Å². The van der Waals surface area contributed by atoms with Crippen LogP contribution in [0.5, 0.6) is 0 Å². The zero-order valence-electron chi connectivity index (χ0n) is 11.7. The summed E-state index contributed by atoms with van der Waals surface area (Å²) >= 11 is 3.43. The predicted octanol–water partition coefficient (Wildman–Crippen LogP) is 3.86. The first kappa shape index (κ1) is 16.1. The molecule has 0 saturated heterocycles. The van der Waals surface area contributed by atoms with E-state index < -0.39 is 11.6 Å². The summed E-state index contributed by atoms with van der Waals surface area (Å²) in [5, 5.41) is 0. The van der Waals surface area contributed by atoms with Gasteiger partial charge in [-0.1, -0.05) is 28.1 Å². The molecule has 2 aromatic rings. The molecule has 0 bridgehead atoms. The minimum Gasteiger partial charge on any atom is -0.329 e. The average Bonchev–Trinajstić information content (AvgIpc) is 2.38. The predicted molar refractivity (Wildman–Crippen MR) is 83.8 cm³/mol. The molecule has 5 heteroatoms. The van der Waals surface area contributed by atoms with Crippen LogP contribution in [0.25, 0.3) is 0 Å². The van der Waals surface area contributed by atoms with Crippen LogP contribution in [0.3, 0.4) is 0 Å². The fourth-order valence-corrected chi connectivity index (χ4v) is 2.82. The van der Waals surface area contributed by atoms with E-state index in [1.54, 1.807) is 0 Å². The van der Waals surface area contributed by atoms with Crippen LogP contribution in [0.15, 0.2) is 46.9 Å². The number of rotatable bonds is 5. The van der Waals surface area contributed by atoms with Crippen molar-refractivity contribution in [3.05, 3.63) is 69.7 Å². The largest absolute Gasteiger partial charge is 0.329 e.